The van der Waals surface area contributed by atoms with Gasteiger partial charge in [0.05, 0.1) is 12.2 Å². The summed E-state index contributed by atoms with van der Waals surface area (Å²) in [6, 6.07) is 11.6. The lowest BCUT2D eigenvalue weighted by molar-refractivity contribution is 0.170. The molecule has 1 fully saturated rings. The highest BCUT2D eigenvalue weighted by atomic mass is 35.5. The summed E-state index contributed by atoms with van der Waals surface area (Å²) in [5.74, 6) is 0. The highest BCUT2D eigenvalue weighted by Crippen LogP contribution is 2.25. The van der Waals surface area contributed by atoms with Gasteiger partial charge in [0.1, 0.15) is 12.2 Å². The second-order valence-corrected chi connectivity index (χ2v) is 8.84. The van der Waals surface area contributed by atoms with Crippen LogP contribution in [0.15, 0.2) is 51.7 Å². The van der Waals surface area contributed by atoms with Gasteiger partial charge in [-0.05, 0) is 48.4 Å². The number of cyclic esters (lactones) is 1. The van der Waals surface area contributed by atoms with Crippen LogP contribution in [-0.4, -0.2) is 32.0 Å². The van der Waals surface area contributed by atoms with Gasteiger partial charge < -0.3 is 9.15 Å². The van der Waals surface area contributed by atoms with Crippen LogP contribution in [0.1, 0.15) is 16.7 Å². The Bertz CT molecular complexity index is 1320. The molecular weight excluding hydrogens is 432 g/mol. The molecule has 0 bridgehead atoms. The summed E-state index contributed by atoms with van der Waals surface area (Å²) in [6.45, 7) is 1.78. The van der Waals surface area contributed by atoms with E-state index in [4.69, 9.17) is 16.0 Å². The SMILES string of the molecule is Cc1c(Cc2cccc(NS(=O)(=O)N3CCOC3=O)c2)c(=O)oc2ccc(Cl)cc12. The van der Waals surface area contributed by atoms with Gasteiger partial charge >= 0.3 is 21.9 Å². The van der Waals surface area contributed by atoms with E-state index < -0.39 is 21.9 Å². The van der Waals surface area contributed by atoms with E-state index >= 15 is 0 Å². The number of hydrogen-bond acceptors (Lipinski definition) is 6. The van der Waals surface area contributed by atoms with Crippen LogP contribution in [0.25, 0.3) is 11.0 Å². The van der Waals surface area contributed by atoms with Crippen LogP contribution in [0.4, 0.5) is 10.5 Å². The Labute approximate surface area is 177 Å². The monoisotopic (exact) mass is 448 g/mol. The molecule has 0 radical (unpaired) electrons. The fraction of sp³-hybridized carbons (Fsp3) is 0.200. The van der Waals surface area contributed by atoms with E-state index in [1.807, 2.05) is 6.92 Å². The van der Waals surface area contributed by atoms with Gasteiger partial charge in [-0.3, -0.25) is 4.72 Å². The van der Waals surface area contributed by atoms with E-state index in [2.05, 4.69) is 9.46 Å². The number of rotatable bonds is 5. The highest BCUT2D eigenvalue weighted by Gasteiger charge is 2.33. The van der Waals surface area contributed by atoms with E-state index in [-0.39, 0.29) is 25.3 Å². The van der Waals surface area contributed by atoms with Crippen molar-refractivity contribution >= 4 is 44.6 Å². The molecule has 2 aromatic carbocycles. The second-order valence-electron chi connectivity index (χ2n) is 6.80. The van der Waals surface area contributed by atoms with Crippen LogP contribution < -0.4 is 10.3 Å². The number of fused-ring (bicyclic) bond motifs is 1. The summed E-state index contributed by atoms with van der Waals surface area (Å²) < 4.78 is 37.9. The van der Waals surface area contributed by atoms with E-state index in [1.165, 1.54) is 0 Å². The Morgan fingerprint density at radius 2 is 1.97 bits per heavy atom. The van der Waals surface area contributed by atoms with Gasteiger partial charge in [-0.25, -0.2) is 9.59 Å². The zero-order valence-corrected chi connectivity index (χ0v) is 17.4. The first-order valence-electron chi connectivity index (χ1n) is 9.02. The number of nitrogens with one attached hydrogen (secondary N) is 1. The minimum atomic E-state index is -4.09. The number of aryl methyl sites for hydroxylation is 1. The van der Waals surface area contributed by atoms with Gasteiger partial charge in [-0.2, -0.15) is 12.7 Å². The van der Waals surface area contributed by atoms with Crippen molar-refractivity contribution in [3.05, 3.63) is 74.6 Å². The van der Waals surface area contributed by atoms with Crippen molar-refractivity contribution in [3.63, 3.8) is 0 Å². The molecule has 0 unspecified atom stereocenters. The standard InChI is InChI=1S/C20H17ClN2O6S/c1-12-16-11-14(21)5-6-18(16)29-19(24)17(12)10-13-3-2-4-15(9-13)22-30(26,27)23-7-8-28-20(23)25/h2-6,9,11,22H,7-8,10H2,1H3. The maximum atomic E-state index is 12.5. The van der Waals surface area contributed by atoms with Crippen LogP contribution in [0, 0.1) is 6.92 Å². The number of hydrogen-bond donors (Lipinski definition) is 1. The van der Waals surface area contributed by atoms with Crippen molar-refractivity contribution in [2.45, 2.75) is 13.3 Å². The maximum Gasteiger partial charge on any atom is 0.425 e. The molecule has 1 amide bonds. The summed E-state index contributed by atoms with van der Waals surface area (Å²) in [5.41, 5.74) is 2.13. The highest BCUT2D eigenvalue weighted by molar-refractivity contribution is 7.90. The van der Waals surface area contributed by atoms with Crippen LogP contribution in [0.5, 0.6) is 0 Å². The van der Waals surface area contributed by atoms with Crippen LogP contribution in [0.2, 0.25) is 5.02 Å². The molecule has 156 valence electrons. The molecule has 4 rings (SSSR count). The normalized spacial score (nSPS) is 14.2. The number of benzene rings is 2. The minimum Gasteiger partial charge on any atom is -0.447 e. The summed E-state index contributed by atoms with van der Waals surface area (Å²) in [5, 5.41) is 1.27. The predicted molar refractivity (Wildman–Crippen MR) is 112 cm³/mol. The first kappa shape index (κ1) is 20.2. The Kier molecular flexibility index (Phi) is 5.17. The van der Waals surface area contributed by atoms with E-state index in [1.54, 1.807) is 42.5 Å². The number of ether oxygens (including phenoxy) is 1. The lowest BCUT2D eigenvalue weighted by Gasteiger charge is -2.15. The molecule has 3 aromatic rings. The molecule has 1 aromatic heterocycles. The molecule has 8 nitrogen and oxygen atoms in total. The lowest BCUT2D eigenvalue weighted by Crippen LogP contribution is -2.36. The largest absolute Gasteiger partial charge is 0.447 e. The molecule has 2 heterocycles. The van der Waals surface area contributed by atoms with E-state index in [0.29, 0.717) is 26.0 Å². The molecule has 1 aliphatic rings. The molecule has 1 N–H and O–H groups in total. The first-order valence-corrected chi connectivity index (χ1v) is 10.8. The summed E-state index contributed by atoms with van der Waals surface area (Å²) in [4.78, 5) is 24.1. The van der Waals surface area contributed by atoms with Gasteiger partial charge in [0.15, 0.2) is 0 Å². The number of anilines is 1. The zero-order valence-electron chi connectivity index (χ0n) is 15.8. The first-order chi connectivity index (χ1) is 14.2. The van der Waals surface area contributed by atoms with Crippen LogP contribution in [-0.2, 0) is 21.4 Å². The van der Waals surface area contributed by atoms with Gasteiger partial charge in [0, 0.05) is 22.4 Å². The van der Waals surface area contributed by atoms with Crippen LogP contribution in [0.3, 0.4) is 0 Å². The van der Waals surface area contributed by atoms with Crippen molar-refractivity contribution in [2.75, 3.05) is 17.9 Å². The average molecular weight is 449 g/mol. The molecule has 1 aliphatic heterocycles. The van der Waals surface area contributed by atoms with Crippen LogP contribution >= 0.6 is 11.6 Å². The zero-order chi connectivity index (χ0) is 21.5. The molecule has 0 aliphatic carbocycles. The molecular formula is C20H17ClN2O6S. The number of nitrogens with zero attached hydrogens (tertiary/aromatic N) is 1. The summed E-state index contributed by atoms with van der Waals surface area (Å²) in [6.07, 6.45) is -0.681. The van der Waals surface area contributed by atoms with Crippen molar-refractivity contribution in [3.8, 4) is 0 Å². The third-order valence-corrected chi connectivity index (χ3v) is 6.46. The van der Waals surface area contributed by atoms with Crippen molar-refractivity contribution in [1.82, 2.24) is 4.31 Å². The second kappa shape index (κ2) is 7.66. The van der Waals surface area contributed by atoms with E-state index in [0.717, 1.165) is 10.9 Å². The van der Waals surface area contributed by atoms with Crippen molar-refractivity contribution in [1.29, 1.82) is 0 Å². The molecule has 0 atom stereocenters. The average Bonchev–Trinajstić information content (AvgIpc) is 3.13. The summed E-state index contributed by atoms with van der Waals surface area (Å²) in [7, 11) is -4.09. The lowest BCUT2D eigenvalue weighted by atomic mass is 9.99. The van der Waals surface area contributed by atoms with E-state index in [9.17, 15) is 18.0 Å². The molecule has 0 spiro atoms. The minimum absolute atomic E-state index is 0.0147. The van der Waals surface area contributed by atoms with Crippen molar-refractivity contribution in [2.24, 2.45) is 0 Å². The Morgan fingerprint density at radius 3 is 2.70 bits per heavy atom. The third-order valence-electron chi connectivity index (χ3n) is 4.82. The molecule has 0 saturated carbocycles. The van der Waals surface area contributed by atoms with Gasteiger partial charge in [0.25, 0.3) is 0 Å². The Morgan fingerprint density at radius 1 is 1.17 bits per heavy atom. The molecule has 1 saturated heterocycles. The smallest absolute Gasteiger partial charge is 0.425 e. The number of halogens is 1. The number of carbonyl (C=O) groups excluding carboxylic acids is 1. The van der Waals surface area contributed by atoms with Crippen molar-refractivity contribution < 1.29 is 22.4 Å². The van der Waals surface area contributed by atoms with Gasteiger partial charge in [0.2, 0.25) is 0 Å². The van der Waals surface area contributed by atoms with Gasteiger partial charge in [-0.15, -0.1) is 0 Å². The molecule has 10 heteroatoms. The summed E-state index contributed by atoms with van der Waals surface area (Å²) >= 11 is 6.07. The fourth-order valence-electron chi connectivity index (χ4n) is 3.32. The quantitative estimate of drug-likeness (QED) is 0.599. The number of carbonyl (C=O) groups is 1. The number of amides is 1. The Balaban J connectivity index is 1.64. The maximum absolute atomic E-state index is 12.5. The predicted octanol–water partition coefficient (Wildman–Crippen LogP) is 3.45. The van der Waals surface area contributed by atoms with Gasteiger partial charge in [-0.1, -0.05) is 23.7 Å². The Hall–Kier alpha value is -3.04. The third kappa shape index (κ3) is 3.86. The molecule has 30 heavy (non-hydrogen) atoms. The topological polar surface area (TPSA) is 106 Å². The fourth-order valence-corrected chi connectivity index (χ4v) is 4.59.